The second-order valence-corrected chi connectivity index (χ2v) is 9.05. The van der Waals surface area contributed by atoms with E-state index in [0.717, 1.165) is 24.3 Å². The van der Waals surface area contributed by atoms with Gasteiger partial charge in [0.15, 0.2) is 11.5 Å². The molecule has 3 aromatic rings. The summed E-state index contributed by atoms with van der Waals surface area (Å²) in [6.07, 6.45) is -0.377. The number of nitrogens with one attached hydrogen (secondary N) is 2. The highest BCUT2D eigenvalue weighted by Gasteiger charge is 2.22. The largest absolute Gasteiger partial charge is 0.486 e. The molecule has 1 aliphatic rings. The van der Waals surface area contributed by atoms with Crippen LogP contribution in [0.15, 0.2) is 71.6 Å². The van der Waals surface area contributed by atoms with E-state index in [4.69, 9.17) is 21.1 Å². The van der Waals surface area contributed by atoms with Gasteiger partial charge in [0, 0.05) is 5.56 Å². The number of rotatable bonds is 6. The molecular weight excluding hydrogens is 459 g/mol. The summed E-state index contributed by atoms with van der Waals surface area (Å²) >= 11 is 6.11. The van der Waals surface area contributed by atoms with E-state index in [0.29, 0.717) is 11.5 Å². The van der Waals surface area contributed by atoms with E-state index in [1.54, 1.807) is 12.1 Å². The molecule has 1 aliphatic heterocycles. The van der Waals surface area contributed by atoms with Crippen molar-refractivity contribution in [3.05, 3.63) is 83.1 Å². The molecule has 0 radical (unpaired) electrons. The van der Waals surface area contributed by atoms with Gasteiger partial charge in [0.2, 0.25) is 0 Å². The fraction of sp³-hybridized carbons (Fsp3) is 0.136. The first-order valence-corrected chi connectivity index (χ1v) is 11.4. The summed E-state index contributed by atoms with van der Waals surface area (Å²) in [5.74, 6) is 0.246. The van der Waals surface area contributed by atoms with Crippen LogP contribution in [0.4, 0.5) is 10.1 Å². The van der Waals surface area contributed by atoms with Gasteiger partial charge >= 0.3 is 0 Å². The maximum atomic E-state index is 13.1. The Bertz CT molecular complexity index is 1250. The number of hydrogen-bond acceptors (Lipinski definition) is 5. The van der Waals surface area contributed by atoms with E-state index < -0.39 is 21.7 Å². The van der Waals surface area contributed by atoms with Crippen molar-refractivity contribution in [3.8, 4) is 11.5 Å². The van der Waals surface area contributed by atoms with Crippen molar-refractivity contribution in [2.75, 3.05) is 17.9 Å². The SMILES string of the molecule is O=C(NCC1COc2ccccc2O1)c1ccc(Cl)c(NS(=O)(=O)c2ccc(F)cc2)c1. The standard InChI is InChI=1S/C22H18ClFN2O5S/c23-18-10-5-14(11-19(18)26-32(28,29)17-8-6-15(24)7-9-17)22(27)25-12-16-13-30-20-3-1-2-4-21(20)31-16/h1-11,16,26H,12-13H2,(H,25,27). The minimum atomic E-state index is -4.02. The molecule has 1 heterocycles. The number of halogens is 2. The number of carbonyl (C=O) groups excluding carboxylic acids is 1. The van der Waals surface area contributed by atoms with Gasteiger partial charge < -0.3 is 14.8 Å². The van der Waals surface area contributed by atoms with Crippen LogP contribution in [0.2, 0.25) is 5.02 Å². The van der Waals surface area contributed by atoms with Crippen molar-refractivity contribution in [1.29, 1.82) is 0 Å². The van der Waals surface area contributed by atoms with Crippen molar-refractivity contribution in [1.82, 2.24) is 5.32 Å². The Morgan fingerprint density at radius 1 is 1.06 bits per heavy atom. The maximum Gasteiger partial charge on any atom is 0.261 e. The van der Waals surface area contributed by atoms with Gasteiger partial charge in [0.25, 0.3) is 15.9 Å². The first kappa shape index (κ1) is 21.9. The molecule has 0 spiro atoms. The predicted octanol–water partition coefficient (Wildman–Crippen LogP) is 3.85. The van der Waals surface area contributed by atoms with Crippen LogP contribution in [0.1, 0.15) is 10.4 Å². The summed E-state index contributed by atoms with van der Waals surface area (Å²) in [5.41, 5.74) is 0.221. The second kappa shape index (κ2) is 9.05. The third-order valence-electron chi connectivity index (χ3n) is 4.65. The van der Waals surface area contributed by atoms with Gasteiger partial charge in [-0.3, -0.25) is 9.52 Å². The minimum absolute atomic E-state index is 0.0230. The Kier molecular flexibility index (Phi) is 6.20. The summed E-state index contributed by atoms with van der Waals surface area (Å²) in [5, 5.41) is 2.85. The van der Waals surface area contributed by atoms with Crippen LogP contribution < -0.4 is 19.5 Å². The molecule has 2 N–H and O–H groups in total. The number of amides is 1. The van der Waals surface area contributed by atoms with Gasteiger partial charge in [0.1, 0.15) is 18.5 Å². The molecule has 0 aliphatic carbocycles. The average Bonchev–Trinajstić information content (AvgIpc) is 2.79. The average molecular weight is 477 g/mol. The molecule has 0 aromatic heterocycles. The van der Waals surface area contributed by atoms with Gasteiger partial charge in [-0.05, 0) is 54.6 Å². The zero-order valence-corrected chi connectivity index (χ0v) is 18.1. The fourth-order valence-electron chi connectivity index (χ4n) is 3.03. The Labute approximate surface area is 189 Å². The van der Waals surface area contributed by atoms with Crippen LogP contribution in [-0.2, 0) is 10.0 Å². The molecule has 0 fully saturated rings. The zero-order chi connectivity index (χ0) is 22.7. The lowest BCUT2D eigenvalue weighted by Gasteiger charge is -2.26. The van der Waals surface area contributed by atoms with Crippen molar-refractivity contribution < 1.29 is 27.1 Å². The zero-order valence-electron chi connectivity index (χ0n) is 16.5. The molecule has 4 rings (SSSR count). The molecule has 0 bridgehead atoms. The van der Waals surface area contributed by atoms with E-state index in [-0.39, 0.29) is 40.4 Å². The lowest BCUT2D eigenvalue weighted by Crippen LogP contribution is -2.40. The molecule has 166 valence electrons. The topological polar surface area (TPSA) is 93.7 Å². The van der Waals surface area contributed by atoms with Gasteiger partial charge in [-0.15, -0.1) is 0 Å². The van der Waals surface area contributed by atoms with Crippen molar-refractivity contribution in [2.24, 2.45) is 0 Å². The quantitative estimate of drug-likeness (QED) is 0.563. The summed E-state index contributed by atoms with van der Waals surface area (Å²) in [6, 6.07) is 15.8. The fourth-order valence-corrected chi connectivity index (χ4v) is 4.33. The van der Waals surface area contributed by atoms with Crippen LogP contribution in [0.25, 0.3) is 0 Å². The van der Waals surface area contributed by atoms with Crippen LogP contribution in [-0.4, -0.2) is 33.6 Å². The normalized spacial score (nSPS) is 15.1. The van der Waals surface area contributed by atoms with E-state index in [1.165, 1.54) is 18.2 Å². The highest BCUT2D eigenvalue weighted by molar-refractivity contribution is 7.92. The highest BCUT2D eigenvalue weighted by Crippen LogP contribution is 2.31. The summed E-state index contributed by atoms with van der Waals surface area (Å²) < 4.78 is 52.0. The monoisotopic (exact) mass is 476 g/mol. The molecule has 0 saturated heterocycles. The molecule has 1 amide bonds. The number of para-hydroxylation sites is 2. The van der Waals surface area contributed by atoms with Gasteiger partial charge in [0.05, 0.1) is 22.2 Å². The number of benzene rings is 3. The second-order valence-electron chi connectivity index (χ2n) is 6.96. The van der Waals surface area contributed by atoms with Gasteiger partial charge in [-0.25, -0.2) is 12.8 Å². The lowest BCUT2D eigenvalue weighted by atomic mass is 10.2. The maximum absolute atomic E-state index is 13.1. The number of hydrogen-bond donors (Lipinski definition) is 2. The van der Waals surface area contributed by atoms with Crippen LogP contribution in [0.3, 0.4) is 0 Å². The van der Waals surface area contributed by atoms with Crippen LogP contribution >= 0.6 is 11.6 Å². The summed E-state index contributed by atoms with van der Waals surface area (Å²) in [6.45, 7) is 0.465. The van der Waals surface area contributed by atoms with Crippen molar-refractivity contribution in [3.63, 3.8) is 0 Å². The summed E-state index contributed by atoms with van der Waals surface area (Å²) in [4.78, 5) is 12.5. The Morgan fingerprint density at radius 2 is 1.78 bits per heavy atom. The molecule has 0 saturated carbocycles. The molecule has 32 heavy (non-hydrogen) atoms. The Balaban J connectivity index is 1.43. The predicted molar refractivity (Wildman–Crippen MR) is 117 cm³/mol. The summed E-state index contributed by atoms with van der Waals surface area (Å²) in [7, 11) is -4.02. The first-order valence-electron chi connectivity index (χ1n) is 9.56. The Hall–Kier alpha value is -3.30. The molecule has 7 nitrogen and oxygen atoms in total. The molecule has 1 unspecified atom stereocenters. The van der Waals surface area contributed by atoms with Gasteiger partial charge in [-0.2, -0.15) is 0 Å². The molecular formula is C22H18ClFN2O5S. The van der Waals surface area contributed by atoms with Crippen molar-refractivity contribution >= 4 is 33.2 Å². The first-order chi connectivity index (χ1) is 15.3. The third kappa shape index (κ3) is 4.95. The number of fused-ring (bicyclic) bond motifs is 1. The highest BCUT2D eigenvalue weighted by atomic mass is 35.5. The van der Waals surface area contributed by atoms with Crippen molar-refractivity contribution in [2.45, 2.75) is 11.0 Å². The Morgan fingerprint density at radius 3 is 2.53 bits per heavy atom. The van der Waals surface area contributed by atoms with E-state index in [2.05, 4.69) is 10.0 Å². The molecule has 1 atom stereocenters. The number of carbonyl (C=O) groups is 1. The lowest BCUT2D eigenvalue weighted by molar-refractivity contribution is 0.0789. The van der Waals surface area contributed by atoms with E-state index in [1.807, 2.05) is 12.1 Å². The number of anilines is 1. The third-order valence-corrected chi connectivity index (χ3v) is 6.37. The van der Waals surface area contributed by atoms with Gasteiger partial charge in [-0.1, -0.05) is 23.7 Å². The van der Waals surface area contributed by atoms with Crippen LogP contribution in [0.5, 0.6) is 11.5 Å². The van der Waals surface area contributed by atoms with Crippen LogP contribution in [0, 0.1) is 5.82 Å². The molecule has 3 aromatic carbocycles. The smallest absolute Gasteiger partial charge is 0.261 e. The van der Waals surface area contributed by atoms with E-state index >= 15 is 0 Å². The number of ether oxygens (including phenoxy) is 2. The van der Waals surface area contributed by atoms with E-state index in [9.17, 15) is 17.6 Å². The minimum Gasteiger partial charge on any atom is -0.486 e. The molecule has 10 heteroatoms. The number of sulfonamides is 1.